The molecule has 1 amide bonds. The van der Waals surface area contributed by atoms with Gasteiger partial charge in [-0.25, -0.2) is 0 Å². The largest absolute Gasteiger partial charge is 0.508 e. The molecule has 2 N–H and O–H groups in total. The zero-order valence-corrected chi connectivity index (χ0v) is 12.6. The summed E-state index contributed by atoms with van der Waals surface area (Å²) < 4.78 is 5.37. The third-order valence-electron chi connectivity index (χ3n) is 2.98. The van der Waals surface area contributed by atoms with Gasteiger partial charge in [0.1, 0.15) is 11.5 Å². The lowest BCUT2D eigenvalue weighted by molar-refractivity contribution is -0.118. The van der Waals surface area contributed by atoms with E-state index in [0.29, 0.717) is 22.0 Å². The molecule has 0 unspecified atom stereocenters. The fraction of sp³-hybridized carbons (Fsp3) is 0.188. The van der Waals surface area contributed by atoms with Crippen molar-refractivity contribution in [1.29, 1.82) is 0 Å². The number of phenols is 1. The van der Waals surface area contributed by atoms with Gasteiger partial charge in [-0.3, -0.25) is 4.79 Å². The molecule has 0 fully saturated rings. The molecule has 2 rings (SSSR count). The molecule has 0 bridgehead atoms. The highest BCUT2D eigenvalue weighted by molar-refractivity contribution is 6.30. The van der Waals surface area contributed by atoms with Crippen LogP contribution in [0.4, 0.5) is 5.69 Å². The quantitative estimate of drug-likeness (QED) is 0.847. The van der Waals surface area contributed by atoms with Crippen LogP contribution in [0.15, 0.2) is 36.4 Å². The van der Waals surface area contributed by atoms with E-state index in [9.17, 15) is 9.90 Å². The number of aromatic hydroxyl groups is 1. The van der Waals surface area contributed by atoms with E-state index in [0.717, 1.165) is 5.56 Å². The summed E-state index contributed by atoms with van der Waals surface area (Å²) in [4.78, 5) is 11.9. The first kappa shape index (κ1) is 15.2. The van der Waals surface area contributed by atoms with Crippen LogP contribution in [0.1, 0.15) is 11.1 Å². The predicted molar refractivity (Wildman–Crippen MR) is 83.2 cm³/mol. The van der Waals surface area contributed by atoms with E-state index in [1.807, 2.05) is 6.92 Å². The zero-order chi connectivity index (χ0) is 15.4. The first-order valence-corrected chi connectivity index (χ1v) is 6.82. The average Bonchev–Trinajstić information content (AvgIpc) is 2.43. The number of carbonyl (C=O) groups is 1. The number of anilines is 1. The van der Waals surface area contributed by atoms with Crippen molar-refractivity contribution in [3.63, 3.8) is 0 Å². The summed E-state index contributed by atoms with van der Waals surface area (Å²) in [6, 6.07) is 10.2. The summed E-state index contributed by atoms with van der Waals surface area (Å²) in [7, 11) is 0. The van der Waals surface area contributed by atoms with Crippen LogP contribution in [0.3, 0.4) is 0 Å². The second-order valence-electron chi connectivity index (χ2n) is 4.75. The van der Waals surface area contributed by atoms with Gasteiger partial charge in [0.15, 0.2) is 6.61 Å². The first-order valence-electron chi connectivity index (χ1n) is 6.44. The molecule has 0 saturated carbocycles. The van der Waals surface area contributed by atoms with Gasteiger partial charge in [0.05, 0.1) is 0 Å². The highest BCUT2D eigenvalue weighted by atomic mass is 35.5. The summed E-state index contributed by atoms with van der Waals surface area (Å²) in [6.07, 6.45) is 0. The number of halogens is 1. The van der Waals surface area contributed by atoms with Crippen molar-refractivity contribution in [2.24, 2.45) is 0 Å². The van der Waals surface area contributed by atoms with Crippen LogP contribution in [0.25, 0.3) is 0 Å². The minimum atomic E-state index is -0.275. The monoisotopic (exact) mass is 305 g/mol. The number of aryl methyl sites for hydroxylation is 2. The molecule has 0 radical (unpaired) electrons. The van der Waals surface area contributed by atoms with Crippen LogP contribution in [0.5, 0.6) is 11.5 Å². The molecule has 0 heterocycles. The fourth-order valence-corrected chi connectivity index (χ4v) is 2.01. The molecule has 2 aromatic rings. The third-order valence-corrected chi connectivity index (χ3v) is 3.22. The second-order valence-corrected chi connectivity index (χ2v) is 5.18. The Morgan fingerprint density at radius 3 is 2.71 bits per heavy atom. The number of nitrogens with one attached hydrogen (secondary N) is 1. The van der Waals surface area contributed by atoms with Crippen LogP contribution in [-0.4, -0.2) is 17.6 Å². The highest BCUT2D eigenvalue weighted by Gasteiger charge is 2.08. The summed E-state index contributed by atoms with van der Waals surface area (Å²) in [5.74, 6) is 0.472. The Morgan fingerprint density at radius 2 is 2.00 bits per heavy atom. The summed E-state index contributed by atoms with van der Waals surface area (Å²) in [5, 5.41) is 12.9. The smallest absolute Gasteiger partial charge is 0.262 e. The van der Waals surface area contributed by atoms with Gasteiger partial charge in [0, 0.05) is 10.7 Å². The van der Waals surface area contributed by atoms with E-state index in [-0.39, 0.29) is 18.3 Å². The van der Waals surface area contributed by atoms with Crippen molar-refractivity contribution >= 4 is 23.2 Å². The van der Waals surface area contributed by atoms with Crippen LogP contribution in [0, 0.1) is 13.8 Å². The fourth-order valence-electron chi connectivity index (χ4n) is 1.83. The maximum absolute atomic E-state index is 11.9. The Morgan fingerprint density at radius 1 is 1.24 bits per heavy atom. The van der Waals surface area contributed by atoms with Crippen molar-refractivity contribution in [3.8, 4) is 11.5 Å². The van der Waals surface area contributed by atoms with Gasteiger partial charge in [0.2, 0.25) is 0 Å². The van der Waals surface area contributed by atoms with Crippen LogP contribution >= 0.6 is 11.6 Å². The lowest BCUT2D eigenvalue weighted by Crippen LogP contribution is -2.20. The number of rotatable bonds is 4. The van der Waals surface area contributed by atoms with Crippen LogP contribution < -0.4 is 10.1 Å². The molecule has 5 heteroatoms. The number of carbonyl (C=O) groups excluding carboxylic acids is 1. The molecule has 110 valence electrons. The van der Waals surface area contributed by atoms with Crippen LogP contribution in [-0.2, 0) is 4.79 Å². The maximum Gasteiger partial charge on any atom is 0.262 e. The van der Waals surface area contributed by atoms with Gasteiger partial charge in [-0.05, 0) is 55.3 Å². The number of phenolic OH excluding ortho intramolecular Hbond substituents is 1. The molecule has 0 aliphatic rings. The Labute approximate surface area is 128 Å². The lowest BCUT2D eigenvalue weighted by Gasteiger charge is -2.11. The van der Waals surface area contributed by atoms with E-state index < -0.39 is 0 Å². The van der Waals surface area contributed by atoms with Gasteiger partial charge in [0.25, 0.3) is 5.91 Å². The number of hydrogen-bond acceptors (Lipinski definition) is 3. The van der Waals surface area contributed by atoms with E-state index in [2.05, 4.69) is 5.32 Å². The summed E-state index contributed by atoms with van der Waals surface area (Å²) >= 11 is 5.84. The van der Waals surface area contributed by atoms with Gasteiger partial charge in [-0.15, -0.1) is 0 Å². The van der Waals surface area contributed by atoms with Gasteiger partial charge < -0.3 is 15.2 Å². The van der Waals surface area contributed by atoms with Crippen molar-refractivity contribution < 1.29 is 14.6 Å². The van der Waals surface area contributed by atoms with Crippen molar-refractivity contribution in [3.05, 3.63) is 52.5 Å². The van der Waals surface area contributed by atoms with Gasteiger partial charge in [-0.1, -0.05) is 17.7 Å². The van der Waals surface area contributed by atoms with Crippen molar-refractivity contribution in [2.45, 2.75) is 13.8 Å². The molecular weight excluding hydrogens is 290 g/mol. The summed E-state index contributed by atoms with van der Waals surface area (Å²) in [5.41, 5.74) is 2.14. The Bertz CT molecular complexity index is 671. The standard InChI is InChI=1S/C16H16ClNO3/c1-10-7-15(19)11(2)6-14(10)18-16(20)9-21-13-5-3-4-12(17)8-13/h3-8,19H,9H2,1-2H3,(H,18,20). The van der Waals surface area contributed by atoms with Gasteiger partial charge >= 0.3 is 0 Å². The minimum absolute atomic E-state index is 0.111. The van der Waals surface area contributed by atoms with Crippen molar-refractivity contribution in [2.75, 3.05) is 11.9 Å². The number of ether oxygens (including phenoxy) is 1. The molecule has 0 saturated heterocycles. The molecule has 0 aromatic heterocycles. The SMILES string of the molecule is Cc1cc(NC(=O)COc2cccc(Cl)c2)c(C)cc1O. The third kappa shape index (κ3) is 4.13. The molecule has 4 nitrogen and oxygen atoms in total. The zero-order valence-electron chi connectivity index (χ0n) is 11.8. The predicted octanol–water partition coefficient (Wildman–Crippen LogP) is 3.68. The number of amides is 1. The molecule has 0 spiro atoms. The number of benzene rings is 2. The van der Waals surface area contributed by atoms with Gasteiger partial charge in [-0.2, -0.15) is 0 Å². The van der Waals surface area contributed by atoms with E-state index in [1.165, 1.54) is 0 Å². The van der Waals surface area contributed by atoms with E-state index in [4.69, 9.17) is 16.3 Å². The van der Waals surface area contributed by atoms with E-state index >= 15 is 0 Å². The molecule has 0 aliphatic heterocycles. The highest BCUT2D eigenvalue weighted by Crippen LogP contribution is 2.25. The van der Waals surface area contributed by atoms with Crippen molar-refractivity contribution in [1.82, 2.24) is 0 Å². The Hall–Kier alpha value is -2.20. The lowest BCUT2D eigenvalue weighted by atomic mass is 10.1. The average molecular weight is 306 g/mol. The second kappa shape index (κ2) is 6.50. The van der Waals surface area contributed by atoms with E-state index in [1.54, 1.807) is 43.3 Å². The molecule has 2 aromatic carbocycles. The minimum Gasteiger partial charge on any atom is -0.508 e. The molecule has 21 heavy (non-hydrogen) atoms. The van der Waals surface area contributed by atoms with Crippen LogP contribution in [0.2, 0.25) is 5.02 Å². The maximum atomic E-state index is 11.9. The normalized spacial score (nSPS) is 10.2. The molecule has 0 atom stereocenters. The Balaban J connectivity index is 1.97. The first-order chi connectivity index (χ1) is 9.95. The molecule has 0 aliphatic carbocycles. The topological polar surface area (TPSA) is 58.6 Å². The number of hydrogen-bond donors (Lipinski definition) is 2. The molecular formula is C16H16ClNO3. The Kier molecular flexibility index (Phi) is 4.70. The summed E-state index contributed by atoms with van der Waals surface area (Å²) in [6.45, 7) is 3.47.